The molecule has 0 aliphatic rings. The third-order valence-electron chi connectivity index (χ3n) is 3.61. The molecule has 1 aromatic heterocycles. The van der Waals surface area contributed by atoms with Crippen molar-refractivity contribution in [3.63, 3.8) is 0 Å². The van der Waals surface area contributed by atoms with Crippen LogP contribution in [0.1, 0.15) is 27.3 Å². The van der Waals surface area contributed by atoms with Crippen molar-refractivity contribution in [3.8, 4) is 0 Å². The van der Waals surface area contributed by atoms with Crippen molar-refractivity contribution >= 4 is 17.5 Å². The fraction of sp³-hybridized carbons (Fsp3) is 0.312. The number of rotatable bonds is 4. The largest absolute Gasteiger partial charge is 0.352 e. The predicted octanol–water partition coefficient (Wildman–Crippen LogP) is 3.27. The van der Waals surface area contributed by atoms with Gasteiger partial charge in [0.2, 0.25) is 0 Å². The summed E-state index contributed by atoms with van der Waals surface area (Å²) in [6.45, 7) is 4.56. The van der Waals surface area contributed by atoms with E-state index in [2.05, 4.69) is 5.32 Å². The van der Waals surface area contributed by atoms with Gasteiger partial charge in [-0.15, -0.1) is 0 Å². The highest BCUT2D eigenvalue weighted by Gasteiger charge is 2.13. The minimum Gasteiger partial charge on any atom is -0.352 e. The zero-order valence-corrected chi connectivity index (χ0v) is 12.8. The van der Waals surface area contributed by atoms with E-state index in [0.717, 1.165) is 34.0 Å². The van der Waals surface area contributed by atoms with E-state index in [-0.39, 0.29) is 5.91 Å². The first-order valence-corrected chi connectivity index (χ1v) is 7.02. The molecule has 1 amide bonds. The van der Waals surface area contributed by atoms with Gasteiger partial charge in [0, 0.05) is 30.0 Å². The lowest BCUT2D eigenvalue weighted by Crippen LogP contribution is -2.26. The van der Waals surface area contributed by atoms with Gasteiger partial charge >= 0.3 is 0 Å². The molecule has 0 atom stereocenters. The molecule has 2 rings (SSSR count). The molecular formula is C16H19ClN2O. The van der Waals surface area contributed by atoms with Gasteiger partial charge in [0.15, 0.2) is 0 Å². The lowest BCUT2D eigenvalue weighted by atomic mass is 10.1. The van der Waals surface area contributed by atoms with E-state index in [9.17, 15) is 4.79 Å². The van der Waals surface area contributed by atoms with Crippen LogP contribution in [0.3, 0.4) is 0 Å². The Morgan fingerprint density at radius 3 is 2.65 bits per heavy atom. The van der Waals surface area contributed by atoms with Crippen LogP contribution in [0, 0.1) is 13.8 Å². The van der Waals surface area contributed by atoms with Gasteiger partial charge in [-0.3, -0.25) is 4.79 Å². The molecular weight excluding hydrogens is 272 g/mol. The Kier molecular flexibility index (Phi) is 4.50. The zero-order valence-electron chi connectivity index (χ0n) is 12.0. The fourth-order valence-electron chi connectivity index (χ4n) is 2.19. The number of nitrogens with zero attached hydrogens (tertiary/aromatic N) is 1. The van der Waals surface area contributed by atoms with Gasteiger partial charge in [0.1, 0.15) is 0 Å². The third-order valence-corrected chi connectivity index (χ3v) is 3.84. The van der Waals surface area contributed by atoms with E-state index in [0.29, 0.717) is 6.54 Å². The van der Waals surface area contributed by atoms with Crippen molar-refractivity contribution in [2.75, 3.05) is 6.54 Å². The van der Waals surface area contributed by atoms with Crippen molar-refractivity contribution in [2.45, 2.75) is 20.3 Å². The molecule has 1 aromatic carbocycles. The van der Waals surface area contributed by atoms with Crippen LogP contribution in [0.2, 0.25) is 5.02 Å². The molecule has 1 heterocycles. The molecule has 106 valence electrons. The third kappa shape index (κ3) is 3.23. The van der Waals surface area contributed by atoms with Crippen LogP contribution in [0.15, 0.2) is 30.3 Å². The second kappa shape index (κ2) is 6.14. The number of carbonyl (C=O) groups is 1. The number of nitrogens with one attached hydrogen (secondary N) is 1. The Morgan fingerprint density at radius 2 is 2.05 bits per heavy atom. The number of carbonyl (C=O) groups excluding carboxylic acids is 1. The van der Waals surface area contributed by atoms with E-state index >= 15 is 0 Å². The van der Waals surface area contributed by atoms with Crippen LogP contribution in [-0.4, -0.2) is 17.0 Å². The van der Waals surface area contributed by atoms with Crippen LogP contribution in [0.5, 0.6) is 0 Å². The number of aromatic nitrogens is 1. The van der Waals surface area contributed by atoms with Gasteiger partial charge in [-0.2, -0.15) is 0 Å². The summed E-state index contributed by atoms with van der Waals surface area (Å²) in [4.78, 5) is 12.1. The van der Waals surface area contributed by atoms with Crippen molar-refractivity contribution < 1.29 is 4.79 Å². The number of aryl methyl sites for hydroxylation is 1. The lowest BCUT2D eigenvalue weighted by Gasteiger charge is -2.06. The number of halogens is 1. The minimum absolute atomic E-state index is 0.0202. The zero-order chi connectivity index (χ0) is 14.7. The highest BCUT2D eigenvalue weighted by atomic mass is 35.5. The Balaban J connectivity index is 1.94. The average Bonchev–Trinajstić information content (AvgIpc) is 2.66. The molecule has 0 fully saturated rings. The summed E-state index contributed by atoms with van der Waals surface area (Å²) in [6, 6.07) is 9.62. The number of hydrogen-bond donors (Lipinski definition) is 1. The van der Waals surface area contributed by atoms with Crippen LogP contribution in [0.25, 0.3) is 0 Å². The molecule has 0 aliphatic carbocycles. The standard InChI is InChI=1S/C16H19ClN2O/c1-11-9-15(12(2)19(11)3)16(20)18-8-7-13-5-4-6-14(17)10-13/h4-6,9-10H,7-8H2,1-3H3,(H,18,20). The van der Waals surface area contributed by atoms with Crippen LogP contribution < -0.4 is 5.32 Å². The fourth-order valence-corrected chi connectivity index (χ4v) is 2.41. The second-order valence-corrected chi connectivity index (χ2v) is 5.42. The number of hydrogen-bond acceptors (Lipinski definition) is 1. The first-order chi connectivity index (χ1) is 9.49. The van der Waals surface area contributed by atoms with Gasteiger partial charge in [-0.25, -0.2) is 0 Å². The Morgan fingerprint density at radius 1 is 1.30 bits per heavy atom. The normalized spacial score (nSPS) is 10.6. The maximum absolute atomic E-state index is 12.1. The van der Waals surface area contributed by atoms with Crippen LogP contribution in [-0.2, 0) is 13.5 Å². The lowest BCUT2D eigenvalue weighted by molar-refractivity contribution is 0.0953. The topological polar surface area (TPSA) is 34.0 Å². The van der Waals surface area contributed by atoms with Gasteiger partial charge in [0.25, 0.3) is 5.91 Å². The predicted molar refractivity (Wildman–Crippen MR) is 82.4 cm³/mol. The molecule has 1 N–H and O–H groups in total. The first-order valence-electron chi connectivity index (χ1n) is 6.64. The van der Waals surface area contributed by atoms with E-state index < -0.39 is 0 Å². The maximum Gasteiger partial charge on any atom is 0.253 e. The van der Waals surface area contributed by atoms with Crippen molar-refractivity contribution in [3.05, 3.63) is 57.9 Å². The molecule has 0 unspecified atom stereocenters. The molecule has 20 heavy (non-hydrogen) atoms. The Hall–Kier alpha value is -1.74. The minimum atomic E-state index is -0.0202. The summed E-state index contributed by atoms with van der Waals surface area (Å²) in [7, 11) is 1.97. The quantitative estimate of drug-likeness (QED) is 0.921. The highest BCUT2D eigenvalue weighted by molar-refractivity contribution is 6.30. The van der Waals surface area contributed by atoms with Crippen LogP contribution in [0.4, 0.5) is 0 Å². The molecule has 3 nitrogen and oxygen atoms in total. The Bertz CT molecular complexity index is 631. The second-order valence-electron chi connectivity index (χ2n) is 4.98. The van der Waals surface area contributed by atoms with E-state index in [1.165, 1.54) is 0 Å². The summed E-state index contributed by atoms with van der Waals surface area (Å²) in [6.07, 6.45) is 0.775. The number of amides is 1. The maximum atomic E-state index is 12.1. The van der Waals surface area contributed by atoms with E-state index in [4.69, 9.17) is 11.6 Å². The summed E-state index contributed by atoms with van der Waals surface area (Å²) in [5, 5.41) is 3.68. The van der Waals surface area contributed by atoms with E-state index in [1.54, 1.807) is 0 Å². The average molecular weight is 291 g/mol. The summed E-state index contributed by atoms with van der Waals surface area (Å²) in [5.41, 5.74) is 3.94. The SMILES string of the molecule is Cc1cc(C(=O)NCCc2cccc(Cl)c2)c(C)n1C. The molecule has 0 radical (unpaired) electrons. The molecule has 0 spiro atoms. The summed E-state index contributed by atoms with van der Waals surface area (Å²) >= 11 is 5.93. The number of benzene rings is 1. The van der Waals surface area contributed by atoms with Crippen molar-refractivity contribution in [1.82, 2.24) is 9.88 Å². The van der Waals surface area contributed by atoms with Gasteiger partial charge in [0.05, 0.1) is 5.56 Å². The molecule has 0 bridgehead atoms. The van der Waals surface area contributed by atoms with Crippen molar-refractivity contribution in [2.24, 2.45) is 7.05 Å². The smallest absolute Gasteiger partial charge is 0.253 e. The monoisotopic (exact) mass is 290 g/mol. The molecule has 2 aromatic rings. The first kappa shape index (κ1) is 14.7. The molecule has 0 saturated heterocycles. The van der Waals surface area contributed by atoms with E-state index in [1.807, 2.05) is 55.8 Å². The van der Waals surface area contributed by atoms with Gasteiger partial charge < -0.3 is 9.88 Å². The molecule has 4 heteroatoms. The Labute approximate surface area is 124 Å². The van der Waals surface area contributed by atoms with Crippen molar-refractivity contribution in [1.29, 1.82) is 0 Å². The van der Waals surface area contributed by atoms with Crippen LogP contribution >= 0.6 is 11.6 Å². The summed E-state index contributed by atoms with van der Waals surface area (Å²) < 4.78 is 2.02. The molecule has 0 aliphatic heterocycles. The summed E-state index contributed by atoms with van der Waals surface area (Å²) in [5.74, 6) is -0.0202. The van der Waals surface area contributed by atoms with Gasteiger partial charge in [-0.05, 0) is 44.0 Å². The molecule has 0 saturated carbocycles. The van der Waals surface area contributed by atoms with Gasteiger partial charge in [-0.1, -0.05) is 23.7 Å². The highest BCUT2D eigenvalue weighted by Crippen LogP contribution is 2.13.